The van der Waals surface area contributed by atoms with Crippen molar-refractivity contribution in [2.75, 3.05) is 13.2 Å². The van der Waals surface area contributed by atoms with Crippen LogP contribution in [0, 0.1) is 0 Å². The van der Waals surface area contributed by atoms with Gasteiger partial charge in [0.05, 0.1) is 6.61 Å². The molecule has 1 aromatic rings. The number of rotatable bonds is 5. The van der Waals surface area contributed by atoms with E-state index < -0.39 is 6.09 Å². The fourth-order valence-corrected chi connectivity index (χ4v) is 1.79. The Bertz CT molecular complexity index is 357. The number of hydrogen-bond acceptors (Lipinski definition) is 4. The van der Waals surface area contributed by atoms with E-state index in [9.17, 15) is 9.90 Å². The number of ether oxygens (including phenoxy) is 1. The van der Waals surface area contributed by atoms with E-state index in [2.05, 4.69) is 12.6 Å². The summed E-state index contributed by atoms with van der Waals surface area (Å²) in [5, 5.41) is 9.26. The standard InChI is InChI=1S/C11H15NO3S/c12-11(14)15-6-9(5-13)10-4-2-1-3-8(10)7-16/h1-4,9,13,16H,5-7H2,(H2,12,14). The molecule has 0 aromatic heterocycles. The Labute approximate surface area is 99.8 Å². The Morgan fingerprint density at radius 2 is 2.19 bits per heavy atom. The first-order chi connectivity index (χ1) is 7.69. The fourth-order valence-electron chi connectivity index (χ4n) is 1.50. The molecule has 88 valence electrons. The van der Waals surface area contributed by atoms with Gasteiger partial charge in [-0.2, -0.15) is 12.6 Å². The highest BCUT2D eigenvalue weighted by Gasteiger charge is 2.15. The van der Waals surface area contributed by atoms with Crippen molar-refractivity contribution in [3.8, 4) is 0 Å². The molecule has 0 bridgehead atoms. The molecule has 1 amide bonds. The van der Waals surface area contributed by atoms with Crippen LogP contribution in [0.3, 0.4) is 0 Å². The quantitative estimate of drug-likeness (QED) is 0.680. The summed E-state index contributed by atoms with van der Waals surface area (Å²) in [6.07, 6.45) is -0.832. The van der Waals surface area contributed by atoms with Gasteiger partial charge in [-0.15, -0.1) is 0 Å². The van der Waals surface area contributed by atoms with Crippen LogP contribution in [0.1, 0.15) is 17.0 Å². The molecule has 0 spiro atoms. The minimum absolute atomic E-state index is 0.0800. The number of amides is 1. The van der Waals surface area contributed by atoms with E-state index in [-0.39, 0.29) is 19.1 Å². The molecular formula is C11H15NO3S. The van der Waals surface area contributed by atoms with Crippen LogP contribution in [-0.2, 0) is 10.5 Å². The van der Waals surface area contributed by atoms with E-state index in [1.165, 1.54) is 0 Å². The highest BCUT2D eigenvalue weighted by Crippen LogP contribution is 2.21. The first-order valence-corrected chi connectivity index (χ1v) is 5.54. The molecule has 5 heteroatoms. The van der Waals surface area contributed by atoms with Crippen molar-refractivity contribution in [1.82, 2.24) is 0 Å². The minimum atomic E-state index is -0.832. The second kappa shape index (κ2) is 6.40. The molecule has 1 unspecified atom stereocenters. The molecule has 0 heterocycles. The molecule has 16 heavy (non-hydrogen) atoms. The third-order valence-electron chi connectivity index (χ3n) is 2.31. The highest BCUT2D eigenvalue weighted by atomic mass is 32.1. The number of aliphatic hydroxyl groups excluding tert-OH is 1. The van der Waals surface area contributed by atoms with Gasteiger partial charge in [0, 0.05) is 11.7 Å². The third-order valence-corrected chi connectivity index (χ3v) is 2.65. The maximum Gasteiger partial charge on any atom is 0.404 e. The topological polar surface area (TPSA) is 72.6 Å². The molecule has 1 aromatic carbocycles. The smallest absolute Gasteiger partial charge is 0.404 e. The summed E-state index contributed by atoms with van der Waals surface area (Å²) in [6, 6.07) is 7.58. The molecule has 0 saturated carbocycles. The zero-order valence-electron chi connectivity index (χ0n) is 8.80. The summed E-state index contributed by atoms with van der Waals surface area (Å²) in [7, 11) is 0. The van der Waals surface area contributed by atoms with Crippen molar-refractivity contribution < 1.29 is 14.6 Å². The molecule has 0 saturated heterocycles. The zero-order valence-corrected chi connectivity index (χ0v) is 9.69. The first-order valence-electron chi connectivity index (χ1n) is 4.90. The first kappa shape index (κ1) is 12.9. The lowest BCUT2D eigenvalue weighted by atomic mass is 9.96. The Balaban J connectivity index is 2.81. The largest absolute Gasteiger partial charge is 0.449 e. The molecule has 1 atom stereocenters. The molecule has 0 fully saturated rings. The highest BCUT2D eigenvalue weighted by molar-refractivity contribution is 7.79. The van der Waals surface area contributed by atoms with E-state index in [0.29, 0.717) is 5.75 Å². The average molecular weight is 241 g/mol. The van der Waals surface area contributed by atoms with Gasteiger partial charge in [-0.3, -0.25) is 0 Å². The average Bonchev–Trinajstić information content (AvgIpc) is 2.30. The van der Waals surface area contributed by atoms with Gasteiger partial charge in [-0.1, -0.05) is 24.3 Å². The van der Waals surface area contributed by atoms with Gasteiger partial charge in [0.15, 0.2) is 0 Å². The summed E-state index contributed by atoms with van der Waals surface area (Å²) in [5.41, 5.74) is 6.83. The molecule has 0 radical (unpaired) electrons. The van der Waals surface area contributed by atoms with Gasteiger partial charge in [0.25, 0.3) is 0 Å². The Kier molecular flexibility index (Phi) is 5.14. The maximum absolute atomic E-state index is 10.5. The Morgan fingerprint density at radius 3 is 2.75 bits per heavy atom. The van der Waals surface area contributed by atoms with Crippen molar-refractivity contribution in [2.45, 2.75) is 11.7 Å². The predicted molar refractivity (Wildman–Crippen MR) is 64.5 cm³/mol. The van der Waals surface area contributed by atoms with E-state index in [4.69, 9.17) is 10.5 Å². The number of aliphatic hydroxyl groups is 1. The van der Waals surface area contributed by atoms with Crippen molar-refractivity contribution in [3.05, 3.63) is 35.4 Å². The summed E-state index contributed by atoms with van der Waals surface area (Å²) in [5.74, 6) is 0.319. The predicted octanol–water partition coefficient (Wildman–Crippen LogP) is 1.29. The van der Waals surface area contributed by atoms with Crippen LogP contribution in [0.25, 0.3) is 0 Å². The summed E-state index contributed by atoms with van der Waals surface area (Å²) >= 11 is 4.21. The molecule has 3 N–H and O–H groups in total. The number of carbonyl (C=O) groups is 1. The van der Waals surface area contributed by atoms with Crippen LogP contribution >= 0.6 is 12.6 Å². The third kappa shape index (κ3) is 3.43. The van der Waals surface area contributed by atoms with E-state index in [0.717, 1.165) is 11.1 Å². The number of thiol groups is 1. The van der Waals surface area contributed by atoms with Crippen molar-refractivity contribution in [3.63, 3.8) is 0 Å². The van der Waals surface area contributed by atoms with Crippen LogP contribution in [0.4, 0.5) is 4.79 Å². The number of hydrogen-bond donors (Lipinski definition) is 3. The maximum atomic E-state index is 10.5. The van der Waals surface area contributed by atoms with Gasteiger partial charge >= 0.3 is 6.09 Å². The number of carbonyl (C=O) groups excluding carboxylic acids is 1. The summed E-state index contributed by atoms with van der Waals surface area (Å²) in [6.45, 7) is -0.0192. The summed E-state index contributed by atoms with van der Waals surface area (Å²) in [4.78, 5) is 10.5. The fraction of sp³-hybridized carbons (Fsp3) is 0.364. The van der Waals surface area contributed by atoms with E-state index in [1.54, 1.807) is 0 Å². The number of primary amides is 1. The van der Waals surface area contributed by atoms with Crippen LogP contribution in [0.2, 0.25) is 0 Å². The lowest BCUT2D eigenvalue weighted by Gasteiger charge is -2.17. The van der Waals surface area contributed by atoms with Crippen LogP contribution in [0.15, 0.2) is 24.3 Å². The number of benzene rings is 1. The molecule has 0 aliphatic heterocycles. The van der Waals surface area contributed by atoms with Gasteiger partial charge in [0.2, 0.25) is 0 Å². The van der Waals surface area contributed by atoms with Gasteiger partial charge in [-0.05, 0) is 11.1 Å². The zero-order chi connectivity index (χ0) is 12.0. The van der Waals surface area contributed by atoms with Gasteiger partial charge < -0.3 is 15.6 Å². The van der Waals surface area contributed by atoms with Gasteiger partial charge in [0.1, 0.15) is 6.61 Å². The molecule has 0 aliphatic carbocycles. The van der Waals surface area contributed by atoms with Crippen molar-refractivity contribution >= 4 is 18.7 Å². The van der Waals surface area contributed by atoms with Crippen LogP contribution < -0.4 is 5.73 Å². The number of nitrogens with two attached hydrogens (primary N) is 1. The molecule has 1 rings (SSSR count). The Morgan fingerprint density at radius 1 is 1.50 bits per heavy atom. The van der Waals surface area contributed by atoms with Crippen molar-refractivity contribution in [1.29, 1.82) is 0 Å². The van der Waals surface area contributed by atoms with E-state index in [1.807, 2.05) is 24.3 Å². The molecule has 0 aliphatic rings. The monoisotopic (exact) mass is 241 g/mol. The SMILES string of the molecule is NC(=O)OCC(CO)c1ccccc1CS. The van der Waals surface area contributed by atoms with Crippen LogP contribution in [-0.4, -0.2) is 24.4 Å². The Hall–Kier alpha value is -1.20. The second-order valence-corrected chi connectivity index (χ2v) is 3.68. The second-order valence-electron chi connectivity index (χ2n) is 3.37. The lowest BCUT2D eigenvalue weighted by Crippen LogP contribution is -2.20. The van der Waals surface area contributed by atoms with Gasteiger partial charge in [-0.25, -0.2) is 4.79 Å². The minimum Gasteiger partial charge on any atom is -0.449 e. The van der Waals surface area contributed by atoms with Crippen LogP contribution in [0.5, 0.6) is 0 Å². The van der Waals surface area contributed by atoms with Crippen molar-refractivity contribution in [2.24, 2.45) is 5.73 Å². The lowest BCUT2D eigenvalue weighted by molar-refractivity contribution is 0.133. The summed E-state index contributed by atoms with van der Waals surface area (Å²) < 4.78 is 4.70. The van der Waals surface area contributed by atoms with E-state index >= 15 is 0 Å². The normalized spacial score (nSPS) is 12.1. The molecule has 4 nitrogen and oxygen atoms in total. The molecular weight excluding hydrogens is 226 g/mol.